The summed E-state index contributed by atoms with van der Waals surface area (Å²) in [6.07, 6.45) is 9.12. The second-order valence-electron chi connectivity index (χ2n) is 7.56. The standard InChI is InChI=1S/C21H27N5O2/c1-26-11-8-21(15-4-5-17(27-2)18(12-15)28-3)7-6-16(13-19(21)26)24-25-20-14-22-9-10-23-20/h4-5,9-10,12,14,19H,6-8,11,13H2,1-3H3,(H,23,25)/t19-,21-/m0/s1. The Morgan fingerprint density at radius 2 is 2.04 bits per heavy atom. The summed E-state index contributed by atoms with van der Waals surface area (Å²) in [5.41, 5.74) is 5.69. The van der Waals surface area contributed by atoms with Crippen LogP contribution in [0.4, 0.5) is 5.82 Å². The minimum absolute atomic E-state index is 0.125. The zero-order chi connectivity index (χ0) is 19.6. The number of aromatic nitrogens is 2. The van der Waals surface area contributed by atoms with Gasteiger partial charge in [0.15, 0.2) is 17.3 Å². The van der Waals surface area contributed by atoms with Crippen LogP contribution in [0.25, 0.3) is 0 Å². The molecule has 0 bridgehead atoms. The molecule has 0 amide bonds. The van der Waals surface area contributed by atoms with Crippen LogP contribution >= 0.6 is 0 Å². The fraction of sp³-hybridized carbons (Fsp3) is 0.476. The highest BCUT2D eigenvalue weighted by Gasteiger charge is 2.49. The average Bonchev–Trinajstić information content (AvgIpc) is 3.09. The van der Waals surface area contributed by atoms with Crippen LogP contribution in [0.5, 0.6) is 11.5 Å². The van der Waals surface area contributed by atoms with Crippen molar-refractivity contribution < 1.29 is 9.47 Å². The molecule has 1 saturated carbocycles. The van der Waals surface area contributed by atoms with Crippen LogP contribution in [0, 0.1) is 0 Å². The van der Waals surface area contributed by atoms with E-state index in [-0.39, 0.29) is 5.41 Å². The summed E-state index contributed by atoms with van der Waals surface area (Å²) in [5, 5.41) is 4.63. The molecule has 2 aliphatic rings. The maximum Gasteiger partial charge on any atom is 0.164 e. The summed E-state index contributed by atoms with van der Waals surface area (Å²) in [4.78, 5) is 10.8. The molecule has 2 fully saturated rings. The molecule has 0 spiro atoms. The minimum atomic E-state index is 0.125. The number of methoxy groups -OCH3 is 2. The predicted molar refractivity (Wildman–Crippen MR) is 109 cm³/mol. The van der Waals surface area contributed by atoms with Crippen molar-refractivity contribution in [1.29, 1.82) is 0 Å². The van der Waals surface area contributed by atoms with Gasteiger partial charge in [-0.3, -0.25) is 10.4 Å². The van der Waals surface area contributed by atoms with E-state index >= 15 is 0 Å². The van der Waals surface area contributed by atoms with Gasteiger partial charge in [-0.2, -0.15) is 5.10 Å². The molecule has 28 heavy (non-hydrogen) atoms. The Hall–Kier alpha value is -2.67. The molecule has 1 saturated heterocycles. The first-order valence-corrected chi connectivity index (χ1v) is 9.66. The van der Waals surface area contributed by atoms with Crippen molar-refractivity contribution >= 4 is 11.5 Å². The second kappa shape index (κ2) is 7.75. The summed E-state index contributed by atoms with van der Waals surface area (Å²) >= 11 is 0. The van der Waals surface area contributed by atoms with Crippen molar-refractivity contribution in [2.45, 2.75) is 37.1 Å². The summed E-state index contributed by atoms with van der Waals surface area (Å²) in [7, 11) is 5.59. The number of nitrogens with zero attached hydrogens (tertiary/aromatic N) is 4. The Morgan fingerprint density at radius 1 is 1.18 bits per heavy atom. The third-order valence-electron chi connectivity index (χ3n) is 6.22. The lowest BCUT2D eigenvalue weighted by Crippen LogP contribution is -2.46. The van der Waals surface area contributed by atoms with E-state index in [2.05, 4.69) is 44.6 Å². The van der Waals surface area contributed by atoms with Gasteiger partial charge >= 0.3 is 0 Å². The van der Waals surface area contributed by atoms with Crippen LogP contribution in [0.15, 0.2) is 41.9 Å². The van der Waals surface area contributed by atoms with E-state index in [1.807, 2.05) is 6.07 Å². The van der Waals surface area contributed by atoms with E-state index in [0.29, 0.717) is 11.9 Å². The Kier molecular flexibility index (Phi) is 5.17. The zero-order valence-corrected chi connectivity index (χ0v) is 16.7. The van der Waals surface area contributed by atoms with Crippen molar-refractivity contribution in [3.8, 4) is 11.5 Å². The first-order valence-electron chi connectivity index (χ1n) is 9.66. The number of nitrogens with one attached hydrogen (secondary N) is 1. The van der Waals surface area contributed by atoms with Gasteiger partial charge in [0.1, 0.15) is 0 Å². The number of hydrogen-bond donors (Lipinski definition) is 1. The van der Waals surface area contributed by atoms with Gasteiger partial charge in [-0.05, 0) is 50.6 Å². The number of ether oxygens (including phenoxy) is 2. The van der Waals surface area contributed by atoms with E-state index < -0.39 is 0 Å². The molecule has 1 aromatic carbocycles. The Labute approximate surface area is 165 Å². The molecule has 1 aromatic heterocycles. The molecule has 2 heterocycles. The van der Waals surface area contributed by atoms with Crippen molar-refractivity contribution in [2.75, 3.05) is 33.2 Å². The highest BCUT2D eigenvalue weighted by Crippen LogP contribution is 2.49. The quantitative estimate of drug-likeness (QED) is 0.803. The van der Waals surface area contributed by atoms with E-state index in [0.717, 1.165) is 43.7 Å². The number of hydrazone groups is 1. The van der Waals surface area contributed by atoms with Gasteiger partial charge in [-0.15, -0.1) is 0 Å². The Bertz CT molecular complexity index is 857. The number of fused-ring (bicyclic) bond motifs is 1. The molecule has 0 radical (unpaired) electrons. The first-order chi connectivity index (χ1) is 13.7. The van der Waals surface area contributed by atoms with Crippen LogP contribution in [0.1, 0.15) is 31.2 Å². The van der Waals surface area contributed by atoms with Gasteiger partial charge in [0.2, 0.25) is 0 Å². The largest absolute Gasteiger partial charge is 0.493 e. The highest BCUT2D eigenvalue weighted by molar-refractivity contribution is 5.87. The molecule has 1 aliphatic carbocycles. The monoisotopic (exact) mass is 381 g/mol. The van der Waals surface area contributed by atoms with Crippen LogP contribution in [-0.2, 0) is 5.41 Å². The normalized spacial score (nSPS) is 26.1. The average molecular weight is 381 g/mol. The van der Waals surface area contributed by atoms with Gasteiger partial charge in [0.05, 0.1) is 20.4 Å². The molecular weight excluding hydrogens is 354 g/mol. The molecule has 2 aromatic rings. The van der Waals surface area contributed by atoms with Crippen molar-refractivity contribution in [2.24, 2.45) is 5.10 Å². The zero-order valence-electron chi connectivity index (χ0n) is 16.7. The predicted octanol–water partition coefficient (Wildman–Crippen LogP) is 3.09. The number of likely N-dealkylation sites (tertiary alicyclic amines) is 1. The Morgan fingerprint density at radius 3 is 2.79 bits per heavy atom. The number of benzene rings is 1. The van der Waals surface area contributed by atoms with Crippen molar-refractivity contribution in [3.05, 3.63) is 42.4 Å². The summed E-state index contributed by atoms with van der Waals surface area (Å²) < 4.78 is 11.0. The topological polar surface area (TPSA) is 71.9 Å². The smallest absolute Gasteiger partial charge is 0.164 e. The lowest BCUT2D eigenvalue weighted by Gasteiger charge is -2.42. The Balaban J connectivity index is 1.59. The van der Waals surface area contributed by atoms with Gasteiger partial charge < -0.3 is 14.4 Å². The molecule has 0 unspecified atom stereocenters. The fourth-order valence-corrected chi connectivity index (χ4v) is 4.68. The third kappa shape index (κ3) is 3.30. The van der Waals surface area contributed by atoms with Gasteiger partial charge in [0.25, 0.3) is 0 Å². The summed E-state index contributed by atoms with van der Waals surface area (Å²) in [6, 6.07) is 6.80. The lowest BCUT2D eigenvalue weighted by molar-refractivity contribution is 0.226. The molecule has 7 heteroatoms. The van der Waals surface area contributed by atoms with E-state index in [9.17, 15) is 0 Å². The molecule has 1 aliphatic heterocycles. The number of hydrogen-bond acceptors (Lipinski definition) is 7. The van der Waals surface area contributed by atoms with Gasteiger partial charge in [0, 0.05) is 36.0 Å². The summed E-state index contributed by atoms with van der Waals surface area (Å²) in [6.45, 7) is 1.09. The van der Waals surface area contributed by atoms with Gasteiger partial charge in [-0.25, -0.2) is 4.98 Å². The van der Waals surface area contributed by atoms with E-state index in [4.69, 9.17) is 9.47 Å². The number of anilines is 1. The maximum absolute atomic E-state index is 5.56. The van der Waals surface area contributed by atoms with Crippen LogP contribution < -0.4 is 14.9 Å². The molecular formula is C21H27N5O2. The molecule has 4 rings (SSSR count). The van der Waals surface area contributed by atoms with Crippen LogP contribution in [0.2, 0.25) is 0 Å². The van der Waals surface area contributed by atoms with E-state index in [1.54, 1.807) is 32.8 Å². The number of likely N-dealkylation sites (N-methyl/N-ethyl adjacent to an activating group) is 1. The molecule has 1 N–H and O–H groups in total. The van der Waals surface area contributed by atoms with Gasteiger partial charge in [-0.1, -0.05) is 6.07 Å². The fourth-order valence-electron chi connectivity index (χ4n) is 4.68. The summed E-state index contributed by atoms with van der Waals surface area (Å²) in [5.74, 6) is 2.25. The maximum atomic E-state index is 5.56. The number of rotatable bonds is 5. The first kappa shape index (κ1) is 18.7. The van der Waals surface area contributed by atoms with Crippen LogP contribution in [0.3, 0.4) is 0 Å². The minimum Gasteiger partial charge on any atom is -0.493 e. The lowest BCUT2D eigenvalue weighted by atomic mass is 9.65. The second-order valence-corrected chi connectivity index (χ2v) is 7.56. The SMILES string of the molecule is COc1ccc([C@@]23CCC(=NNc4cnccn4)C[C@@H]2N(C)CC3)cc1OC. The van der Waals surface area contributed by atoms with Crippen molar-refractivity contribution in [1.82, 2.24) is 14.9 Å². The highest BCUT2D eigenvalue weighted by atomic mass is 16.5. The molecule has 148 valence electrons. The molecule has 7 nitrogen and oxygen atoms in total. The third-order valence-corrected chi connectivity index (χ3v) is 6.22. The molecule has 2 atom stereocenters. The van der Waals surface area contributed by atoms with Crippen LogP contribution in [-0.4, -0.2) is 54.4 Å². The van der Waals surface area contributed by atoms with E-state index in [1.165, 1.54) is 11.3 Å². The van der Waals surface area contributed by atoms with Crippen molar-refractivity contribution in [3.63, 3.8) is 0 Å².